The fourth-order valence-electron chi connectivity index (χ4n) is 3.72. The maximum Gasteiger partial charge on any atom is 0.137 e. The van der Waals surface area contributed by atoms with Gasteiger partial charge < -0.3 is 18.9 Å². The third-order valence-electron chi connectivity index (χ3n) is 6.16. The highest BCUT2D eigenvalue weighted by Crippen LogP contribution is 2.11. The number of benzene rings is 1. The standard InChI is InChI=1S/C26H44N2O5/c1-4-23(2)26(29)9-15-31-17-19-33-20-18-32-16-14-27-10-12-28(13-11-27)21-24-5-7-25(8-6-24)22-30-3/h5-8,23H,4,9-22H2,1-3H3. The molecule has 0 spiro atoms. The van der Waals surface area contributed by atoms with Gasteiger partial charge in [-0.25, -0.2) is 0 Å². The van der Waals surface area contributed by atoms with Crippen LogP contribution in [0, 0.1) is 5.92 Å². The van der Waals surface area contributed by atoms with Crippen LogP contribution in [0.2, 0.25) is 0 Å². The number of piperazine rings is 1. The van der Waals surface area contributed by atoms with Gasteiger partial charge in [-0.3, -0.25) is 14.6 Å². The molecule has 1 unspecified atom stereocenters. The Balaban J connectivity index is 1.40. The average Bonchev–Trinajstić information content (AvgIpc) is 2.84. The molecule has 33 heavy (non-hydrogen) atoms. The number of rotatable bonds is 18. The molecular formula is C26H44N2O5. The highest BCUT2D eigenvalue weighted by atomic mass is 16.5. The van der Waals surface area contributed by atoms with Crippen LogP contribution in [0.3, 0.4) is 0 Å². The smallest absolute Gasteiger partial charge is 0.137 e. The van der Waals surface area contributed by atoms with Gasteiger partial charge in [0.15, 0.2) is 0 Å². The van der Waals surface area contributed by atoms with Gasteiger partial charge in [0.2, 0.25) is 0 Å². The summed E-state index contributed by atoms with van der Waals surface area (Å²) in [5, 5.41) is 0. The van der Waals surface area contributed by atoms with Gasteiger partial charge in [0.05, 0.1) is 46.2 Å². The van der Waals surface area contributed by atoms with Crippen molar-refractivity contribution in [1.29, 1.82) is 0 Å². The molecule has 188 valence electrons. The SMILES string of the molecule is CCC(C)C(=O)CCOCCOCCOCCN1CCN(Cc2ccc(COC)cc2)CC1. The van der Waals surface area contributed by atoms with Crippen molar-refractivity contribution >= 4 is 5.78 Å². The summed E-state index contributed by atoms with van der Waals surface area (Å²) >= 11 is 0. The zero-order valence-electron chi connectivity index (χ0n) is 20.9. The minimum absolute atomic E-state index is 0.135. The van der Waals surface area contributed by atoms with Crippen LogP contribution in [-0.2, 0) is 36.9 Å². The number of carbonyl (C=O) groups excluding carboxylic acids is 1. The Morgan fingerprint density at radius 2 is 1.39 bits per heavy atom. The van der Waals surface area contributed by atoms with Crippen molar-refractivity contribution in [2.75, 3.05) is 79.5 Å². The number of Topliss-reactive ketones (excluding diaryl/α,β-unsaturated/α-hetero) is 1. The van der Waals surface area contributed by atoms with Crippen LogP contribution in [0.25, 0.3) is 0 Å². The van der Waals surface area contributed by atoms with E-state index in [1.165, 1.54) is 11.1 Å². The maximum atomic E-state index is 11.7. The Hall–Kier alpha value is -1.35. The van der Waals surface area contributed by atoms with Crippen molar-refractivity contribution in [3.05, 3.63) is 35.4 Å². The summed E-state index contributed by atoms with van der Waals surface area (Å²) in [5.74, 6) is 0.414. The van der Waals surface area contributed by atoms with E-state index >= 15 is 0 Å². The largest absolute Gasteiger partial charge is 0.380 e. The van der Waals surface area contributed by atoms with Gasteiger partial charge >= 0.3 is 0 Å². The molecule has 0 aliphatic carbocycles. The second kappa shape index (κ2) is 17.1. The highest BCUT2D eigenvalue weighted by Gasteiger charge is 2.16. The molecule has 1 heterocycles. The van der Waals surface area contributed by atoms with Crippen LogP contribution >= 0.6 is 0 Å². The van der Waals surface area contributed by atoms with Crippen LogP contribution in [-0.4, -0.2) is 95.1 Å². The number of ketones is 1. The van der Waals surface area contributed by atoms with E-state index in [0.29, 0.717) is 46.1 Å². The van der Waals surface area contributed by atoms with E-state index in [-0.39, 0.29) is 11.7 Å². The van der Waals surface area contributed by atoms with Crippen LogP contribution in [0.1, 0.15) is 37.8 Å². The second-order valence-electron chi connectivity index (χ2n) is 8.73. The number of carbonyl (C=O) groups is 1. The lowest BCUT2D eigenvalue weighted by atomic mass is 10.0. The Labute approximate surface area is 200 Å². The topological polar surface area (TPSA) is 60.5 Å². The number of nitrogens with zero attached hydrogens (tertiary/aromatic N) is 2. The molecule has 0 amide bonds. The zero-order valence-corrected chi connectivity index (χ0v) is 20.9. The molecule has 0 radical (unpaired) electrons. The molecule has 1 saturated heterocycles. The van der Waals surface area contributed by atoms with E-state index in [9.17, 15) is 4.79 Å². The molecule has 1 fully saturated rings. The highest BCUT2D eigenvalue weighted by molar-refractivity contribution is 5.80. The third-order valence-corrected chi connectivity index (χ3v) is 6.16. The molecule has 1 aliphatic rings. The van der Waals surface area contributed by atoms with Crippen LogP contribution < -0.4 is 0 Å². The summed E-state index contributed by atoms with van der Waals surface area (Å²) < 4.78 is 21.9. The molecule has 0 aromatic heterocycles. The summed E-state index contributed by atoms with van der Waals surface area (Å²) in [7, 11) is 1.73. The van der Waals surface area contributed by atoms with Crippen molar-refractivity contribution in [2.24, 2.45) is 5.92 Å². The average molecular weight is 465 g/mol. The molecule has 1 aliphatic heterocycles. The van der Waals surface area contributed by atoms with Gasteiger partial charge in [-0.05, 0) is 17.5 Å². The molecular weight excluding hydrogens is 420 g/mol. The fourth-order valence-corrected chi connectivity index (χ4v) is 3.72. The van der Waals surface area contributed by atoms with Crippen molar-refractivity contribution in [1.82, 2.24) is 9.80 Å². The summed E-state index contributed by atoms with van der Waals surface area (Å²) in [6, 6.07) is 8.72. The van der Waals surface area contributed by atoms with E-state index in [1.807, 2.05) is 13.8 Å². The molecule has 1 atom stereocenters. The van der Waals surface area contributed by atoms with Crippen LogP contribution in [0.4, 0.5) is 0 Å². The predicted octanol–water partition coefficient (Wildman–Crippen LogP) is 3.01. The summed E-state index contributed by atoms with van der Waals surface area (Å²) in [4.78, 5) is 16.7. The molecule has 1 aromatic carbocycles. The number of ether oxygens (including phenoxy) is 4. The number of hydrogen-bond acceptors (Lipinski definition) is 7. The van der Waals surface area contributed by atoms with Gasteiger partial charge in [-0.15, -0.1) is 0 Å². The normalized spacial score (nSPS) is 16.2. The van der Waals surface area contributed by atoms with E-state index in [2.05, 4.69) is 34.1 Å². The van der Waals surface area contributed by atoms with Crippen LogP contribution in [0.15, 0.2) is 24.3 Å². The van der Waals surface area contributed by atoms with E-state index in [4.69, 9.17) is 18.9 Å². The predicted molar refractivity (Wildman–Crippen MR) is 130 cm³/mol. The first-order chi connectivity index (χ1) is 16.1. The Morgan fingerprint density at radius 3 is 2.00 bits per heavy atom. The van der Waals surface area contributed by atoms with Gasteiger partial charge in [0, 0.05) is 58.7 Å². The summed E-state index contributed by atoms with van der Waals surface area (Å²) in [5.41, 5.74) is 2.58. The monoisotopic (exact) mass is 464 g/mol. The molecule has 7 nitrogen and oxygen atoms in total. The minimum atomic E-state index is 0.135. The fraction of sp³-hybridized carbons (Fsp3) is 0.731. The zero-order chi connectivity index (χ0) is 23.7. The van der Waals surface area contributed by atoms with Crippen LogP contribution in [0.5, 0.6) is 0 Å². The Morgan fingerprint density at radius 1 is 0.848 bits per heavy atom. The molecule has 0 saturated carbocycles. The first kappa shape index (κ1) is 27.9. The third kappa shape index (κ3) is 12.1. The number of hydrogen-bond donors (Lipinski definition) is 0. The molecule has 2 rings (SSSR count). The Kier molecular flexibility index (Phi) is 14.5. The molecule has 0 bridgehead atoms. The van der Waals surface area contributed by atoms with Gasteiger partial charge in [-0.1, -0.05) is 38.1 Å². The lowest BCUT2D eigenvalue weighted by molar-refractivity contribution is -0.123. The van der Waals surface area contributed by atoms with Crippen molar-refractivity contribution in [2.45, 2.75) is 39.8 Å². The second-order valence-corrected chi connectivity index (χ2v) is 8.73. The first-order valence-electron chi connectivity index (χ1n) is 12.4. The summed E-state index contributed by atoms with van der Waals surface area (Å²) in [6.07, 6.45) is 1.39. The number of methoxy groups -OCH3 is 1. The quantitative estimate of drug-likeness (QED) is 0.310. The van der Waals surface area contributed by atoms with E-state index in [1.54, 1.807) is 7.11 Å². The van der Waals surface area contributed by atoms with Crippen molar-refractivity contribution < 1.29 is 23.7 Å². The van der Waals surface area contributed by atoms with Crippen molar-refractivity contribution in [3.63, 3.8) is 0 Å². The Bertz CT molecular complexity index is 632. The van der Waals surface area contributed by atoms with E-state index < -0.39 is 0 Å². The molecule has 1 aromatic rings. The van der Waals surface area contributed by atoms with E-state index in [0.717, 1.165) is 52.3 Å². The van der Waals surface area contributed by atoms with Crippen molar-refractivity contribution in [3.8, 4) is 0 Å². The minimum Gasteiger partial charge on any atom is -0.380 e. The van der Waals surface area contributed by atoms with Gasteiger partial charge in [0.25, 0.3) is 0 Å². The van der Waals surface area contributed by atoms with Gasteiger partial charge in [-0.2, -0.15) is 0 Å². The maximum absolute atomic E-state index is 11.7. The molecule has 0 N–H and O–H groups in total. The first-order valence-corrected chi connectivity index (χ1v) is 12.4. The summed E-state index contributed by atoms with van der Waals surface area (Å²) in [6.45, 7) is 14.4. The molecule has 7 heteroatoms. The van der Waals surface area contributed by atoms with Gasteiger partial charge in [0.1, 0.15) is 5.78 Å². The lowest BCUT2D eigenvalue weighted by Gasteiger charge is -2.34. The lowest BCUT2D eigenvalue weighted by Crippen LogP contribution is -2.46.